The first-order chi connectivity index (χ1) is 16.2. The van der Waals surface area contributed by atoms with Gasteiger partial charge in [0.05, 0.1) is 28.7 Å². The number of alkyl halides is 6. The Hall–Kier alpha value is -2.54. The number of hydrogen-bond donors (Lipinski definition) is 0. The lowest BCUT2D eigenvalue weighted by atomic mass is 10.1. The topological polar surface area (TPSA) is 66.8 Å². The molecule has 0 aromatic heterocycles. The number of hydrogen-bond acceptors (Lipinski definition) is 4. The SMILES string of the molecule is O=C(CCc1ccccc1)N=C1SC2CS(=O)(=O)CC2N1c1cc(C(F)(F)F)cc(C(F)(F)F)c1. The molecule has 2 unspecified atom stereocenters. The number of amides is 1. The fraction of sp³-hybridized carbons (Fsp3) is 0.364. The zero-order valence-corrected chi connectivity index (χ0v) is 19.4. The molecule has 2 aromatic rings. The highest BCUT2D eigenvalue weighted by Crippen LogP contribution is 2.44. The molecule has 0 radical (unpaired) electrons. The highest BCUT2D eigenvalue weighted by atomic mass is 32.2. The fourth-order valence-electron chi connectivity index (χ4n) is 4.00. The van der Waals surface area contributed by atoms with Gasteiger partial charge in [-0.2, -0.15) is 31.3 Å². The summed E-state index contributed by atoms with van der Waals surface area (Å²) in [5.41, 5.74) is -2.73. The van der Waals surface area contributed by atoms with E-state index in [9.17, 15) is 39.6 Å². The molecule has 2 saturated heterocycles. The van der Waals surface area contributed by atoms with E-state index >= 15 is 0 Å². The van der Waals surface area contributed by atoms with Gasteiger partial charge in [-0.15, -0.1) is 0 Å². The summed E-state index contributed by atoms with van der Waals surface area (Å²) in [7, 11) is -3.57. The van der Waals surface area contributed by atoms with Gasteiger partial charge in [-0.25, -0.2) is 8.42 Å². The van der Waals surface area contributed by atoms with Crippen LogP contribution in [0.15, 0.2) is 53.5 Å². The number of fused-ring (bicyclic) bond motifs is 1. The molecule has 35 heavy (non-hydrogen) atoms. The summed E-state index contributed by atoms with van der Waals surface area (Å²) in [5.74, 6) is -1.41. The van der Waals surface area contributed by atoms with Crippen LogP contribution in [-0.4, -0.2) is 42.3 Å². The molecule has 0 spiro atoms. The Kier molecular flexibility index (Phi) is 6.68. The van der Waals surface area contributed by atoms with Crippen LogP contribution in [0.5, 0.6) is 0 Å². The van der Waals surface area contributed by atoms with E-state index < -0.39 is 62.0 Å². The summed E-state index contributed by atoms with van der Waals surface area (Å²) in [6.07, 6.45) is -9.85. The molecule has 13 heteroatoms. The second-order valence-corrected chi connectivity index (χ2v) is 11.6. The Morgan fingerprint density at radius 2 is 1.57 bits per heavy atom. The van der Waals surface area contributed by atoms with Gasteiger partial charge >= 0.3 is 12.4 Å². The molecule has 0 N–H and O–H groups in total. The van der Waals surface area contributed by atoms with E-state index in [1.807, 2.05) is 0 Å². The Morgan fingerprint density at radius 1 is 0.971 bits per heavy atom. The molecule has 1 amide bonds. The predicted octanol–water partition coefficient (Wildman–Crippen LogP) is 4.96. The zero-order chi connectivity index (χ0) is 25.6. The molecule has 2 fully saturated rings. The molecule has 2 aliphatic heterocycles. The van der Waals surface area contributed by atoms with Crippen molar-refractivity contribution < 1.29 is 39.6 Å². The molecule has 2 aromatic carbocycles. The Labute approximate surface area is 201 Å². The fourth-order valence-corrected chi connectivity index (χ4v) is 7.93. The Morgan fingerprint density at radius 3 is 2.14 bits per heavy atom. The molecule has 4 rings (SSSR count). The molecule has 2 atom stereocenters. The van der Waals surface area contributed by atoms with E-state index in [-0.39, 0.29) is 23.4 Å². The number of thioether (sulfide) groups is 1. The quantitative estimate of drug-likeness (QED) is 0.517. The van der Waals surface area contributed by atoms with Crippen LogP contribution in [0.3, 0.4) is 0 Å². The molecular formula is C22H18F6N2O3S2. The third kappa shape index (κ3) is 5.83. The number of carbonyl (C=O) groups is 1. The van der Waals surface area contributed by atoms with Crippen molar-refractivity contribution in [1.29, 1.82) is 0 Å². The zero-order valence-electron chi connectivity index (χ0n) is 17.8. The maximum Gasteiger partial charge on any atom is 0.416 e. The molecule has 0 bridgehead atoms. The minimum atomic E-state index is -5.08. The minimum absolute atomic E-state index is 0.00256. The maximum atomic E-state index is 13.4. The number of benzene rings is 2. The number of anilines is 1. The highest BCUT2D eigenvalue weighted by molar-refractivity contribution is 8.16. The number of rotatable bonds is 4. The average Bonchev–Trinajstić information content (AvgIpc) is 3.22. The van der Waals surface area contributed by atoms with Crippen LogP contribution in [0.2, 0.25) is 0 Å². The van der Waals surface area contributed by atoms with Crippen molar-refractivity contribution in [2.75, 3.05) is 16.4 Å². The van der Waals surface area contributed by atoms with Crippen molar-refractivity contribution in [2.24, 2.45) is 4.99 Å². The number of nitrogens with zero attached hydrogens (tertiary/aromatic N) is 2. The van der Waals surface area contributed by atoms with Crippen molar-refractivity contribution in [3.05, 3.63) is 65.2 Å². The monoisotopic (exact) mass is 536 g/mol. The van der Waals surface area contributed by atoms with Crippen LogP contribution >= 0.6 is 11.8 Å². The van der Waals surface area contributed by atoms with Crippen molar-refractivity contribution in [3.63, 3.8) is 0 Å². The first-order valence-corrected chi connectivity index (χ1v) is 13.0. The lowest BCUT2D eigenvalue weighted by Gasteiger charge is -2.26. The van der Waals surface area contributed by atoms with Crippen LogP contribution in [0.4, 0.5) is 32.0 Å². The smallest absolute Gasteiger partial charge is 0.316 e. The van der Waals surface area contributed by atoms with Crippen LogP contribution in [0, 0.1) is 0 Å². The molecule has 5 nitrogen and oxygen atoms in total. The van der Waals surface area contributed by atoms with Gasteiger partial charge in [0.1, 0.15) is 0 Å². The van der Waals surface area contributed by atoms with E-state index in [0.717, 1.165) is 22.2 Å². The predicted molar refractivity (Wildman–Crippen MR) is 120 cm³/mol. The maximum absolute atomic E-state index is 13.4. The largest absolute Gasteiger partial charge is 0.416 e. The number of sulfone groups is 1. The number of carbonyl (C=O) groups excluding carboxylic acids is 1. The van der Waals surface area contributed by atoms with Gasteiger partial charge in [0.25, 0.3) is 0 Å². The van der Waals surface area contributed by atoms with Crippen LogP contribution in [0.1, 0.15) is 23.1 Å². The summed E-state index contributed by atoms with van der Waals surface area (Å²) in [4.78, 5) is 17.5. The standard InChI is InChI=1S/C22H18F6N2O3S2/c23-21(24,25)14-8-15(22(26,27)28)10-16(9-14)30-17-11-35(32,33)12-18(17)34-20(30)29-19(31)7-6-13-4-2-1-3-5-13/h1-5,8-10,17-18H,6-7,11-12H2. The third-order valence-corrected chi connectivity index (χ3v) is 8.82. The van der Waals surface area contributed by atoms with Gasteiger partial charge < -0.3 is 4.90 Å². The second-order valence-electron chi connectivity index (χ2n) is 8.21. The summed E-state index contributed by atoms with van der Waals surface area (Å²) < 4.78 is 105. The number of halogens is 6. The Bertz CT molecular complexity index is 1230. The first kappa shape index (κ1) is 25.5. The number of aliphatic imine (C=N–C) groups is 1. The summed E-state index contributed by atoms with van der Waals surface area (Å²) in [6, 6.07) is 9.06. The normalized spacial score (nSPS) is 23.0. The summed E-state index contributed by atoms with van der Waals surface area (Å²) in [6.45, 7) is 0. The third-order valence-electron chi connectivity index (χ3n) is 5.61. The van der Waals surface area contributed by atoms with E-state index in [4.69, 9.17) is 0 Å². The molecule has 0 aliphatic carbocycles. The van der Waals surface area contributed by atoms with Gasteiger partial charge in [0, 0.05) is 17.4 Å². The molecule has 2 heterocycles. The van der Waals surface area contributed by atoms with Crippen molar-refractivity contribution in [3.8, 4) is 0 Å². The molecule has 2 aliphatic rings. The summed E-state index contributed by atoms with van der Waals surface area (Å²) in [5, 5.41) is -0.787. The lowest BCUT2D eigenvalue weighted by Crippen LogP contribution is -2.38. The summed E-state index contributed by atoms with van der Waals surface area (Å²) >= 11 is 0.877. The van der Waals surface area contributed by atoms with Crippen molar-refractivity contribution in [2.45, 2.75) is 36.5 Å². The van der Waals surface area contributed by atoms with Crippen molar-refractivity contribution in [1.82, 2.24) is 0 Å². The molecule has 188 valence electrons. The van der Waals surface area contributed by atoms with Crippen molar-refractivity contribution >= 4 is 38.4 Å². The van der Waals surface area contributed by atoms with Gasteiger partial charge in [-0.3, -0.25) is 4.79 Å². The van der Waals surface area contributed by atoms with Crippen LogP contribution in [-0.2, 0) is 33.4 Å². The number of amidine groups is 1. The average molecular weight is 537 g/mol. The van der Waals surface area contributed by atoms with Gasteiger partial charge in [0.15, 0.2) is 15.0 Å². The second kappa shape index (κ2) is 9.16. The minimum Gasteiger partial charge on any atom is -0.316 e. The van der Waals surface area contributed by atoms with Crippen LogP contribution < -0.4 is 4.90 Å². The van der Waals surface area contributed by atoms with E-state index in [1.165, 1.54) is 0 Å². The number of aryl methyl sites for hydroxylation is 1. The van der Waals surface area contributed by atoms with E-state index in [1.54, 1.807) is 30.3 Å². The molecule has 0 saturated carbocycles. The van der Waals surface area contributed by atoms with Gasteiger partial charge in [0.2, 0.25) is 5.91 Å². The van der Waals surface area contributed by atoms with E-state index in [0.29, 0.717) is 18.6 Å². The van der Waals surface area contributed by atoms with E-state index in [2.05, 4.69) is 4.99 Å². The van der Waals surface area contributed by atoms with Crippen LogP contribution in [0.25, 0.3) is 0 Å². The first-order valence-electron chi connectivity index (χ1n) is 10.3. The highest BCUT2D eigenvalue weighted by Gasteiger charge is 2.50. The lowest BCUT2D eigenvalue weighted by molar-refractivity contribution is -0.143. The molecular weight excluding hydrogens is 518 g/mol. The van der Waals surface area contributed by atoms with Gasteiger partial charge in [-0.1, -0.05) is 42.1 Å². The Balaban J connectivity index is 1.72. The van der Waals surface area contributed by atoms with Gasteiger partial charge in [-0.05, 0) is 30.2 Å².